The highest BCUT2D eigenvalue weighted by atomic mass is 19.4. The van der Waals surface area contributed by atoms with Gasteiger partial charge in [0, 0.05) is 42.8 Å². The average molecular weight is 560 g/mol. The first kappa shape index (κ1) is 28.7. The van der Waals surface area contributed by atoms with E-state index in [9.17, 15) is 22.8 Å². The maximum atomic E-state index is 13.5. The zero-order valence-corrected chi connectivity index (χ0v) is 23.5. The molecule has 0 bridgehead atoms. The van der Waals surface area contributed by atoms with Gasteiger partial charge >= 0.3 is 6.18 Å². The maximum absolute atomic E-state index is 13.5. The molecule has 40 heavy (non-hydrogen) atoms. The lowest BCUT2D eigenvalue weighted by Crippen LogP contribution is -2.39. The van der Waals surface area contributed by atoms with Gasteiger partial charge in [-0.3, -0.25) is 9.59 Å². The average Bonchev–Trinajstić information content (AvgIpc) is 3.61. The van der Waals surface area contributed by atoms with E-state index in [4.69, 9.17) is 4.74 Å². The summed E-state index contributed by atoms with van der Waals surface area (Å²) in [6.07, 6.45) is 4.86. The first-order valence-corrected chi connectivity index (χ1v) is 14.6. The molecule has 2 heterocycles. The molecule has 218 valence electrons. The Bertz CT molecular complexity index is 1240. The number of ether oxygens (including phenoxy) is 1. The second-order valence-electron chi connectivity index (χ2n) is 12.2. The number of nitrogens with one attached hydrogen (secondary N) is 2. The number of alkyl halides is 3. The van der Waals surface area contributed by atoms with E-state index in [2.05, 4.69) is 22.9 Å². The van der Waals surface area contributed by atoms with Crippen LogP contribution in [0.3, 0.4) is 0 Å². The van der Waals surface area contributed by atoms with Gasteiger partial charge in [-0.1, -0.05) is 26.2 Å². The van der Waals surface area contributed by atoms with Gasteiger partial charge in [0.15, 0.2) is 0 Å². The van der Waals surface area contributed by atoms with Crippen molar-refractivity contribution in [1.82, 2.24) is 15.2 Å². The summed E-state index contributed by atoms with van der Waals surface area (Å²) in [5, 5.41) is 5.21. The van der Waals surface area contributed by atoms with E-state index >= 15 is 0 Å². The molecule has 2 N–H and O–H groups in total. The van der Waals surface area contributed by atoms with Crippen molar-refractivity contribution in [2.75, 3.05) is 19.8 Å². The molecule has 1 saturated heterocycles. The number of aromatic nitrogens is 1. The molecule has 0 unspecified atom stereocenters. The third-order valence-electron chi connectivity index (χ3n) is 8.97. The fraction of sp³-hybridized carbons (Fsp3) is 0.613. The molecule has 2 saturated carbocycles. The lowest BCUT2D eigenvalue weighted by atomic mass is 9.89. The highest BCUT2D eigenvalue weighted by Gasteiger charge is 2.40. The number of nitrogens with zero attached hydrogens (tertiary/aromatic N) is 1. The van der Waals surface area contributed by atoms with Crippen molar-refractivity contribution in [2.24, 2.45) is 5.92 Å². The molecule has 0 radical (unpaired) electrons. The summed E-state index contributed by atoms with van der Waals surface area (Å²) in [6.45, 7) is 4.72. The van der Waals surface area contributed by atoms with Crippen molar-refractivity contribution < 1.29 is 27.5 Å². The van der Waals surface area contributed by atoms with Gasteiger partial charge in [0.2, 0.25) is 0 Å². The number of rotatable bonds is 8. The molecule has 1 aromatic carbocycles. The van der Waals surface area contributed by atoms with E-state index in [-0.39, 0.29) is 22.9 Å². The van der Waals surface area contributed by atoms with E-state index in [1.165, 1.54) is 19.3 Å². The zero-order valence-electron chi connectivity index (χ0n) is 23.5. The van der Waals surface area contributed by atoms with Gasteiger partial charge in [0.05, 0.1) is 5.56 Å². The van der Waals surface area contributed by atoms with E-state index in [0.717, 1.165) is 67.6 Å². The molecule has 6 nitrogen and oxygen atoms in total. The third-order valence-corrected chi connectivity index (χ3v) is 8.97. The van der Waals surface area contributed by atoms with Gasteiger partial charge in [-0.25, -0.2) is 0 Å². The van der Waals surface area contributed by atoms with E-state index < -0.39 is 18.6 Å². The molecular formula is C31H40F3N3O3. The molecule has 2 amide bonds. The Kier molecular flexibility index (Phi) is 8.32. The fourth-order valence-corrected chi connectivity index (χ4v) is 6.10. The Labute approximate surface area is 234 Å². The molecule has 3 fully saturated rings. The van der Waals surface area contributed by atoms with Crippen molar-refractivity contribution >= 4 is 11.8 Å². The number of carbonyl (C=O) groups is 2. The van der Waals surface area contributed by atoms with Gasteiger partial charge < -0.3 is 19.9 Å². The Morgan fingerprint density at radius 1 is 1.00 bits per heavy atom. The summed E-state index contributed by atoms with van der Waals surface area (Å²) in [5.74, 6) is -0.380. The van der Waals surface area contributed by atoms with E-state index in [0.29, 0.717) is 24.7 Å². The lowest BCUT2D eigenvalue weighted by Gasteiger charge is -2.25. The van der Waals surface area contributed by atoms with Crippen molar-refractivity contribution in [3.05, 3.63) is 46.6 Å². The molecule has 5 rings (SSSR count). The number of benzene rings is 1. The van der Waals surface area contributed by atoms with Crippen LogP contribution in [0.1, 0.15) is 96.7 Å². The molecule has 0 spiro atoms. The van der Waals surface area contributed by atoms with Crippen LogP contribution in [-0.4, -0.2) is 48.4 Å². The van der Waals surface area contributed by atoms with Gasteiger partial charge in [-0.15, -0.1) is 0 Å². The van der Waals surface area contributed by atoms with Crippen LogP contribution < -0.4 is 10.6 Å². The molecule has 1 aromatic heterocycles. The topological polar surface area (TPSA) is 72.4 Å². The predicted octanol–water partition coefficient (Wildman–Crippen LogP) is 6.30. The fourth-order valence-electron chi connectivity index (χ4n) is 6.10. The molecule has 1 aliphatic heterocycles. The summed E-state index contributed by atoms with van der Waals surface area (Å²) >= 11 is 0. The third kappa shape index (κ3) is 6.73. The van der Waals surface area contributed by atoms with Gasteiger partial charge in [-0.2, -0.15) is 13.2 Å². The SMILES string of the molecule is Cc1c(C(=O)NC2CCOCC2)cc(-c2cc(C(=O)NCC(F)(F)F)cc(C3(C)CC3)c2)n1CC1CCCCC1. The number of carbonyl (C=O) groups excluding carboxylic acids is 2. The van der Waals surface area contributed by atoms with Crippen LogP contribution in [-0.2, 0) is 16.7 Å². The number of amides is 2. The van der Waals surface area contributed by atoms with Crippen molar-refractivity contribution in [2.45, 2.75) is 95.8 Å². The van der Waals surface area contributed by atoms with Gasteiger partial charge in [0.1, 0.15) is 6.54 Å². The molecule has 2 aromatic rings. The summed E-state index contributed by atoms with van der Waals surface area (Å²) in [6, 6.07) is 7.42. The Balaban J connectivity index is 1.53. The van der Waals surface area contributed by atoms with E-state index in [1.54, 1.807) is 12.1 Å². The standard InChI is InChI=1S/C31H40F3N3O3/c1-20-26(29(39)36-25-8-12-40-13-9-25)17-27(37(20)18-21-6-4-3-5-7-21)22-14-23(28(38)35-19-31(32,33)34)16-24(15-22)30(2)10-11-30/h14-17,21,25H,3-13,18-19H2,1-2H3,(H,35,38)(H,36,39). The summed E-state index contributed by atoms with van der Waals surface area (Å²) in [5.41, 5.74) is 4.11. The highest BCUT2D eigenvalue weighted by molar-refractivity contribution is 5.98. The van der Waals surface area contributed by atoms with Crippen molar-refractivity contribution in [3.8, 4) is 11.3 Å². The summed E-state index contributed by atoms with van der Waals surface area (Å²) in [4.78, 5) is 26.4. The minimum Gasteiger partial charge on any atom is -0.381 e. The Morgan fingerprint density at radius 3 is 2.35 bits per heavy atom. The zero-order chi connectivity index (χ0) is 28.5. The van der Waals surface area contributed by atoms with Crippen LogP contribution in [0, 0.1) is 12.8 Å². The molecule has 2 aliphatic carbocycles. The van der Waals surface area contributed by atoms with Crippen LogP contribution >= 0.6 is 0 Å². The van der Waals surface area contributed by atoms with Crippen LogP contribution in [0.2, 0.25) is 0 Å². The number of hydrogen-bond donors (Lipinski definition) is 2. The smallest absolute Gasteiger partial charge is 0.381 e. The normalized spacial score (nSPS) is 19.8. The number of halogens is 3. The van der Waals surface area contributed by atoms with Crippen molar-refractivity contribution in [1.29, 1.82) is 0 Å². The molecular weight excluding hydrogens is 519 g/mol. The molecule has 0 atom stereocenters. The second kappa shape index (κ2) is 11.6. The quantitative estimate of drug-likeness (QED) is 0.399. The van der Waals surface area contributed by atoms with E-state index in [1.807, 2.05) is 18.3 Å². The molecule has 9 heteroatoms. The molecule has 3 aliphatic rings. The second-order valence-corrected chi connectivity index (χ2v) is 12.2. The van der Waals surface area contributed by atoms with Crippen molar-refractivity contribution in [3.63, 3.8) is 0 Å². The summed E-state index contributed by atoms with van der Waals surface area (Å²) < 4.78 is 46.2. The Morgan fingerprint density at radius 2 is 1.70 bits per heavy atom. The Hall–Kier alpha value is -2.81. The highest BCUT2D eigenvalue weighted by Crippen LogP contribution is 2.48. The van der Waals surface area contributed by atoms with Crippen LogP contribution in [0.5, 0.6) is 0 Å². The largest absolute Gasteiger partial charge is 0.405 e. The van der Waals surface area contributed by atoms with Gasteiger partial charge in [-0.05, 0) is 92.2 Å². The minimum atomic E-state index is -4.49. The maximum Gasteiger partial charge on any atom is 0.405 e. The van der Waals surface area contributed by atoms with Crippen LogP contribution in [0.15, 0.2) is 24.3 Å². The van der Waals surface area contributed by atoms with Gasteiger partial charge in [0.25, 0.3) is 11.8 Å². The monoisotopic (exact) mass is 559 g/mol. The first-order valence-electron chi connectivity index (χ1n) is 14.6. The van der Waals surface area contributed by atoms with Crippen LogP contribution in [0.25, 0.3) is 11.3 Å². The predicted molar refractivity (Wildman–Crippen MR) is 147 cm³/mol. The lowest BCUT2D eigenvalue weighted by molar-refractivity contribution is -0.123. The minimum absolute atomic E-state index is 0.0628. The first-order chi connectivity index (χ1) is 19.0. The van der Waals surface area contributed by atoms with Crippen LogP contribution in [0.4, 0.5) is 13.2 Å². The summed E-state index contributed by atoms with van der Waals surface area (Å²) in [7, 11) is 0. The number of hydrogen-bond acceptors (Lipinski definition) is 3.